The van der Waals surface area contributed by atoms with E-state index in [4.69, 9.17) is 5.73 Å². The molecule has 0 aliphatic carbocycles. The minimum atomic E-state index is -2.57. The van der Waals surface area contributed by atoms with Gasteiger partial charge in [0.2, 0.25) is 0 Å². The van der Waals surface area contributed by atoms with E-state index in [1.807, 2.05) is 6.07 Å². The van der Waals surface area contributed by atoms with Crippen LogP contribution in [0.5, 0.6) is 0 Å². The van der Waals surface area contributed by atoms with E-state index in [0.717, 1.165) is 0 Å². The highest BCUT2D eigenvalue weighted by Crippen LogP contribution is 2.33. The molecule has 1 heterocycles. The van der Waals surface area contributed by atoms with Gasteiger partial charge in [-0.05, 0) is 12.1 Å². The molecule has 1 saturated heterocycles. The third-order valence-electron chi connectivity index (χ3n) is 2.45. The molecule has 0 bridgehead atoms. The van der Waals surface area contributed by atoms with Crippen LogP contribution in [0.2, 0.25) is 0 Å². The maximum Gasteiger partial charge on any atom is 0.266 e. The van der Waals surface area contributed by atoms with Crippen molar-refractivity contribution in [3.8, 4) is 0 Å². The Morgan fingerprint density at radius 1 is 1.29 bits per heavy atom. The highest BCUT2D eigenvalue weighted by atomic mass is 19.3. The summed E-state index contributed by atoms with van der Waals surface area (Å²) in [7, 11) is 0. The van der Waals surface area contributed by atoms with Gasteiger partial charge in [-0.25, -0.2) is 8.78 Å². The summed E-state index contributed by atoms with van der Waals surface area (Å²) in [6.45, 7) is 0.155. The molecule has 1 aromatic rings. The number of rotatable bonds is 1. The second kappa shape index (κ2) is 3.12. The largest absolute Gasteiger partial charge is 0.397 e. The normalized spacial score (nSPS) is 20.0. The van der Waals surface area contributed by atoms with E-state index in [0.29, 0.717) is 17.9 Å². The minimum absolute atomic E-state index is 0.0820. The van der Waals surface area contributed by atoms with E-state index in [1.165, 1.54) is 0 Å². The van der Waals surface area contributed by atoms with Gasteiger partial charge in [0.05, 0.1) is 17.9 Å². The molecule has 2 N–H and O–H groups in total. The van der Waals surface area contributed by atoms with Crippen molar-refractivity contribution in [3.05, 3.63) is 24.3 Å². The first kappa shape index (κ1) is 9.24. The second-order valence-corrected chi connectivity index (χ2v) is 3.59. The number of halogens is 2. The Bertz CT molecular complexity index is 339. The van der Waals surface area contributed by atoms with Gasteiger partial charge in [-0.3, -0.25) is 0 Å². The van der Waals surface area contributed by atoms with Crippen molar-refractivity contribution in [2.75, 3.05) is 23.7 Å². The summed E-state index contributed by atoms with van der Waals surface area (Å²) in [4.78, 5) is 1.63. The van der Waals surface area contributed by atoms with Gasteiger partial charge in [-0.2, -0.15) is 0 Å². The summed E-state index contributed by atoms with van der Waals surface area (Å²) in [5, 5.41) is 0. The summed E-state index contributed by atoms with van der Waals surface area (Å²) in [5.41, 5.74) is 6.98. The molecule has 1 aliphatic heterocycles. The lowest BCUT2D eigenvalue weighted by Crippen LogP contribution is -2.25. The summed E-state index contributed by atoms with van der Waals surface area (Å²) >= 11 is 0. The third-order valence-corrected chi connectivity index (χ3v) is 2.45. The molecule has 1 fully saturated rings. The number of nitrogen functional groups attached to an aromatic ring is 1. The van der Waals surface area contributed by atoms with E-state index >= 15 is 0 Å². The van der Waals surface area contributed by atoms with E-state index in [-0.39, 0.29) is 13.0 Å². The second-order valence-electron chi connectivity index (χ2n) is 3.59. The number of hydrogen-bond acceptors (Lipinski definition) is 2. The first-order valence-electron chi connectivity index (χ1n) is 4.56. The maximum atomic E-state index is 12.9. The first-order valence-corrected chi connectivity index (χ1v) is 4.56. The van der Waals surface area contributed by atoms with Gasteiger partial charge in [-0.1, -0.05) is 12.1 Å². The van der Waals surface area contributed by atoms with Crippen molar-refractivity contribution in [3.63, 3.8) is 0 Å². The number of anilines is 2. The Kier molecular flexibility index (Phi) is 2.06. The molecule has 4 heteroatoms. The molecule has 0 radical (unpaired) electrons. The van der Waals surface area contributed by atoms with Gasteiger partial charge < -0.3 is 10.6 Å². The van der Waals surface area contributed by atoms with Gasteiger partial charge in [-0.15, -0.1) is 0 Å². The van der Waals surface area contributed by atoms with Crippen LogP contribution in [0.3, 0.4) is 0 Å². The highest BCUT2D eigenvalue weighted by Gasteiger charge is 2.38. The number of para-hydroxylation sites is 2. The molecular weight excluding hydrogens is 186 g/mol. The topological polar surface area (TPSA) is 29.3 Å². The lowest BCUT2D eigenvalue weighted by atomic mass is 10.2. The number of hydrogen-bond donors (Lipinski definition) is 1. The minimum Gasteiger partial charge on any atom is -0.397 e. The Hall–Kier alpha value is -1.32. The molecule has 0 atom stereocenters. The smallest absolute Gasteiger partial charge is 0.266 e. The average Bonchev–Trinajstić information content (AvgIpc) is 2.47. The van der Waals surface area contributed by atoms with Crippen LogP contribution in [-0.2, 0) is 0 Å². The molecule has 2 nitrogen and oxygen atoms in total. The van der Waals surface area contributed by atoms with E-state index in [9.17, 15) is 8.78 Å². The van der Waals surface area contributed by atoms with Crippen molar-refractivity contribution in [1.82, 2.24) is 0 Å². The van der Waals surface area contributed by atoms with Gasteiger partial charge >= 0.3 is 0 Å². The molecular formula is C10H12F2N2. The molecule has 0 saturated carbocycles. The van der Waals surface area contributed by atoms with Crippen molar-refractivity contribution in [1.29, 1.82) is 0 Å². The molecule has 0 spiro atoms. The predicted octanol–water partition coefficient (Wildman–Crippen LogP) is 2.11. The Morgan fingerprint density at radius 2 is 2.00 bits per heavy atom. The lowest BCUT2D eigenvalue weighted by molar-refractivity contribution is 0.0257. The molecule has 1 aromatic carbocycles. The van der Waals surface area contributed by atoms with Crippen LogP contribution < -0.4 is 10.6 Å². The highest BCUT2D eigenvalue weighted by molar-refractivity contribution is 5.67. The average molecular weight is 198 g/mol. The standard InChI is InChI=1S/C10H12F2N2/c11-10(12)5-6-14(7-10)9-4-2-1-3-8(9)13/h1-4H,5-7,13H2. The number of benzene rings is 1. The summed E-state index contributed by atoms with van der Waals surface area (Å²) in [6, 6.07) is 7.11. The fourth-order valence-electron chi connectivity index (χ4n) is 1.72. The molecule has 0 amide bonds. The van der Waals surface area contributed by atoms with Crippen molar-refractivity contribution < 1.29 is 8.78 Å². The van der Waals surface area contributed by atoms with Crippen LogP contribution in [0.4, 0.5) is 20.2 Å². The van der Waals surface area contributed by atoms with Crippen molar-refractivity contribution in [2.24, 2.45) is 0 Å². The number of nitrogens with two attached hydrogens (primary N) is 1. The van der Waals surface area contributed by atoms with Crippen LogP contribution in [0.15, 0.2) is 24.3 Å². The summed E-state index contributed by atoms with van der Waals surface area (Å²) < 4.78 is 25.9. The van der Waals surface area contributed by atoms with Gasteiger partial charge in [0.1, 0.15) is 0 Å². The van der Waals surface area contributed by atoms with Gasteiger partial charge in [0.25, 0.3) is 5.92 Å². The summed E-state index contributed by atoms with van der Waals surface area (Å²) in [5.74, 6) is -2.57. The molecule has 0 unspecified atom stereocenters. The molecule has 76 valence electrons. The van der Waals surface area contributed by atoms with Gasteiger partial charge in [0.15, 0.2) is 0 Å². The zero-order valence-corrected chi connectivity index (χ0v) is 7.71. The van der Waals surface area contributed by atoms with Gasteiger partial charge in [0, 0.05) is 13.0 Å². The van der Waals surface area contributed by atoms with E-state index < -0.39 is 5.92 Å². The summed E-state index contributed by atoms with van der Waals surface area (Å²) in [6.07, 6.45) is -0.0820. The SMILES string of the molecule is Nc1ccccc1N1CCC(F)(F)C1. The van der Waals surface area contributed by atoms with E-state index in [2.05, 4.69) is 0 Å². The predicted molar refractivity (Wildman–Crippen MR) is 52.6 cm³/mol. The van der Waals surface area contributed by atoms with Crippen LogP contribution in [0.25, 0.3) is 0 Å². The zero-order valence-electron chi connectivity index (χ0n) is 7.71. The Morgan fingerprint density at radius 3 is 2.57 bits per heavy atom. The zero-order chi connectivity index (χ0) is 10.2. The number of nitrogens with zero attached hydrogens (tertiary/aromatic N) is 1. The fraction of sp³-hybridized carbons (Fsp3) is 0.400. The van der Waals surface area contributed by atoms with Crippen LogP contribution in [0.1, 0.15) is 6.42 Å². The van der Waals surface area contributed by atoms with Crippen LogP contribution in [0, 0.1) is 0 Å². The molecule has 0 aromatic heterocycles. The first-order chi connectivity index (χ1) is 6.58. The monoisotopic (exact) mass is 198 g/mol. The van der Waals surface area contributed by atoms with Crippen LogP contribution >= 0.6 is 0 Å². The van der Waals surface area contributed by atoms with E-state index in [1.54, 1.807) is 23.1 Å². The quantitative estimate of drug-likeness (QED) is 0.700. The molecule has 2 rings (SSSR count). The lowest BCUT2D eigenvalue weighted by Gasteiger charge is -2.19. The Labute approximate surface area is 81.3 Å². The van der Waals surface area contributed by atoms with Crippen molar-refractivity contribution >= 4 is 11.4 Å². The molecule has 1 aliphatic rings. The molecule has 14 heavy (non-hydrogen) atoms. The van der Waals surface area contributed by atoms with Crippen LogP contribution in [-0.4, -0.2) is 19.0 Å². The number of alkyl halides is 2. The maximum absolute atomic E-state index is 12.9. The van der Waals surface area contributed by atoms with Crippen molar-refractivity contribution in [2.45, 2.75) is 12.3 Å². The fourth-order valence-corrected chi connectivity index (χ4v) is 1.72. The third kappa shape index (κ3) is 1.64. The Balaban J connectivity index is 2.22.